The van der Waals surface area contributed by atoms with Gasteiger partial charge in [-0.25, -0.2) is 18.4 Å². The Labute approximate surface area is 170 Å². The van der Waals surface area contributed by atoms with Crippen LogP contribution in [0.2, 0.25) is 0 Å². The molecule has 29 heavy (non-hydrogen) atoms. The number of benzene rings is 2. The third kappa shape index (κ3) is 4.39. The third-order valence-electron chi connectivity index (χ3n) is 4.32. The summed E-state index contributed by atoms with van der Waals surface area (Å²) in [5.41, 5.74) is 8.26. The molecule has 2 N–H and O–H groups in total. The molecule has 1 heterocycles. The van der Waals surface area contributed by atoms with E-state index in [2.05, 4.69) is 21.8 Å². The number of para-hydroxylation sites is 1. The Bertz CT molecular complexity index is 1190. The maximum atomic E-state index is 12.3. The number of methoxy groups -OCH3 is 1. The van der Waals surface area contributed by atoms with Crippen LogP contribution in [0, 0.1) is 11.8 Å². The highest BCUT2D eigenvalue weighted by molar-refractivity contribution is 7.92. The summed E-state index contributed by atoms with van der Waals surface area (Å²) in [5.74, 6) is 6.82. The fourth-order valence-electron chi connectivity index (χ4n) is 2.59. The van der Waals surface area contributed by atoms with Crippen molar-refractivity contribution in [3.05, 3.63) is 66.0 Å². The number of sulfone groups is 1. The highest BCUT2D eigenvalue weighted by Crippen LogP contribution is 2.23. The van der Waals surface area contributed by atoms with Crippen molar-refractivity contribution < 1.29 is 13.2 Å². The van der Waals surface area contributed by atoms with Crippen LogP contribution in [0.15, 0.2) is 59.6 Å². The van der Waals surface area contributed by atoms with Gasteiger partial charge >= 0.3 is 0 Å². The lowest BCUT2D eigenvalue weighted by molar-refractivity contribution is 0.413. The van der Waals surface area contributed by atoms with Crippen LogP contribution in [0.3, 0.4) is 0 Å². The van der Waals surface area contributed by atoms with E-state index in [4.69, 9.17) is 10.5 Å². The standard InChI is InChI=1S/C22H21N3O3S/c1-15(2)29(26,27)18-11-8-16(9-12-18)20-14-24-22(23)19(25-20)13-10-17-6-4-5-7-21(17)28-3/h4-9,11-12,14-15H,1-3H3,(H2,23,24). The number of hydrogen-bond acceptors (Lipinski definition) is 6. The maximum absolute atomic E-state index is 12.3. The van der Waals surface area contributed by atoms with Crippen molar-refractivity contribution in [1.82, 2.24) is 9.97 Å². The molecule has 0 saturated carbocycles. The molecule has 0 aliphatic rings. The van der Waals surface area contributed by atoms with Gasteiger partial charge in [0.25, 0.3) is 0 Å². The largest absolute Gasteiger partial charge is 0.495 e. The first kappa shape index (κ1) is 20.4. The van der Waals surface area contributed by atoms with E-state index in [1.807, 2.05) is 24.3 Å². The van der Waals surface area contributed by atoms with E-state index < -0.39 is 15.1 Å². The van der Waals surface area contributed by atoms with E-state index in [0.29, 0.717) is 22.7 Å². The molecule has 3 rings (SSSR count). The van der Waals surface area contributed by atoms with Crippen molar-refractivity contribution in [2.24, 2.45) is 0 Å². The van der Waals surface area contributed by atoms with Crippen molar-refractivity contribution >= 4 is 15.7 Å². The second-order valence-electron chi connectivity index (χ2n) is 6.56. The van der Waals surface area contributed by atoms with Crippen LogP contribution >= 0.6 is 0 Å². The minimum Gasteiger partial charge on any atom is -0.495 e. The third-order valence-corrected chi connectivity index (χ3v) is 6.49. The van der Waals surface area contributed by atoms with Crippen LogP contribution in [0.1, 0.15) is 25.1 Å². The molecule has 0 aliphatic carbocycles. The van der Waals surface area contributed by atoms with E-state index in [1.54, 1.807) is 45.2 Å². The number of nitrogens with two attached hydrogens (primary N) is 1. The maximum Gasteiger partial charge on any atom is 0.180 e. The minimum absolute atomic E-state index is 0.218. The fraction of sp³-hybridized carbons (Fsp3) is 0.182. The number of aromatic nitrogens is 2. The van der Waals surface area contributed by atoms with Crippen molar-refractivity contribution in [1.29, 1.82) is 0 Å². The number of nitrogen functional groups attached to an aromatic ring is 1. The molecule has 0 amide bonds. The quantitative estimate of drug-likeness (QED) is 0.667. The molecule has 1 aromatic heterocycles. The zero-order valence-corrected chi connectivity index (χ0v) is 17.2. The Balaban J connectivity index is 1.95. The Morgan fingerprint density at radius 3 is 2.38 bits per heavy atom. The smallest absolute Gasteiger partial charge is 0.180 e. The first-order valence-electron chi connectivity index (χ1n) is 8.95. The molecule has 0 unspecified atom stereocenters. The molecule has 6 nitrogen and oxygen atoms in total. The molecule has 0 bridgehead atoms. The van der Waals surface area contributed by atoms with E-state index in [-0.39, 0.29) is 10.7 Å². The van der Waals surface area contributed by atoms with Crippen molar-refractivity contribution in [3.63, 3.8) is 0 Å². The van der Waals surface area contributed by atoms with E-state index in [9.17, 15) is 8.42 Å². The SMILES string of the molecule is COc1ccccc1C#Cc1nc(-c2ccc(S(=O)(=O)C(C)C)cc2)cnc1N. The van der Waals surface area contributed by atoms with Gasteiger partial charge < -0.3 is 10.5 Å². The van der Waals surface area contributed by atoms with Gasteiger partial charge in [-0.05, 0) is 44.0 Å². The summed E-state index contributed by atoms with van der Waals surface area (Å²) in [6.07, 6.45) is 1.54. The van der Waals surface area contributed by atoms with Gasteiger partial charge in [-0.1, -0.05) is 30.2 Å². The van der Waals surface area contributed by atoms with Gasteiger partial charge in [0.05, 0.1) is 34.7 Å². The molecule has 7 heteroatoms. The molecule has 0 spiro atoms. The molecular weight excluding hydrogens is 386 g/mol. The fourth-order valence-corrected chi connectivity index (χ4v) is 3.65. The van der Waals surface area contributed by atoms with Crippen LogP contribution < -0.4 is 10.5 Å². The first-order valence-corrected chi connectivity index (χ1v) is 10.5. The van der Waals surface area contributed by atoms with Crippen LogP contribution in [0.25, 0.3) is 11.3 Å². The van der Waals surface area contributed by atoms with Crippen LogP contribution in [-0.2, 0) is 9.84 Å². The van der Waals surface area contributed by atoms with Crippen molar-refractivity contribution in [2.45, 2.75) is 24.0 Å². The van der Waals surface area contributed by atoms with Gasteiger partial charge in [0.2, 0.25) is 0 Å². The second-order valence-corrected chi connectivity index (χ2v) is 9.06. The lowest BCUT2D eigenvalue weighted by Crippen LogP contribution is -2.13. The molecule has 2 aromatic carbocycles. The molecule has 0 atom stereocenters. The Kier molecular flexibility index (Phi) is 5.85. The first-order chi connectivity index (χ1) is 13.8. The van der Waals surface area contributed by atoms with Crippen molar-refractivity contribution in [2.75, 3.05) is 12.8 Å². The highest BCUT2D eigenvalue weighted by atomic mass is 32.2. The predicted molar refractivity (Wildman–Crippen MR) is 113 cm³/mol. The summed E-state index contributed by atoms with van der Waals surface area (Å²) >= 11 is 0. The van der Waals surface area contributed by atoms with Gasteiger partial charge in [-0.3, -0.25) is 0 Å². The topological polar surface area (TPSA) is 95.2 Å². The van der Waals surface area contributed by atoms with E-state index >= 15 is 0 Å². The normalized spacial score (nSPS) is 11.0. The minimum atomic E-state index is -3.33. The molecule has 0 radical (unpaired) electrons. The van der Waals surface area contributed by atoms with Crippen LogP contribution in [0.4, 0.5) is 5.82 Å². The number of ether oxygens (including phenoxy) is 1. The Morgan fingerprint density at radius 2 is 1.72 bits per heavy atom. The summed E-state index contributed by atoms with van der Waals surface area (Å²) in [6.45, 7) is 3.31. The van der Waals surface area contributed by atoms with Crippen LogP contribution in [-0.4, -0.2) is 30.7 Å². The van der Waals surface area contributed by atoms with Gasteiger partial charge in [-0.15, -0.1) is 0 Å². The summed E-state index contributed by atoms with van der Waals surface area (Å²) < 4.78 is 29.8. The summed E-state index contributed by atoms with van der Waals surface area (Å²) in [4.78, 5) is 8.94. The van der Waals surface area contributed by atoms with Crippen molar-refractivity contribution in [3.8, 4) is 28.8 Å². The lowest BCUT2D eigenvalue weighted by atomic mass is 10.1. The Hall–Kier alpha value is -3.37. The summed E-state index contributed by atoms with van der Waals surface area (Å²) in [7, 11) is -1.75. The summed E-state index contributed by atoms with van der Waals surface area (Å²) in [5, 5.41) is -0.485. The van der Waals surface area contributed by atoms with Gasteiger partial charge in [0.1, 0.15) is 5.75 Å². The number of rotatable bonds is 4. The number of nitrogens with zero attached hydrogens (tertiary/aromatic N) is 2. The zero-order valence-electron chi connectivity index (χ0n) is 16.4. The highest BCUT2D eigenvalue weighted by Gasteiger charge is 2.19. The monoisotopic (exact) mass is 407 g/mol. The molecule has 3 aromatic rings. The zero-order chi connectivity index (χ0) is 21.0. The molecule has 0 saturated heterocycles. The van der Waals surface area contributed by atoms with Gasteiger partial charge in [0.15, 0.2) is 21.3 Å². The molecule has 0 aliphatic heterocycles. The van der Waals surface area contributed by atoms with Gasteiger partial charge in [-0.2, -0.15) is 0 Å². The average Bonchev–Trinajstić information content (AvgIpc) is 2.73. The lowest BCUT2D eigenvalue weighted by Gasteiger charge is -2.09. The molecule has 148 valence electrons. The van der Waals surface area contributed by atoms with Crippen LogP contribution in [0.5, 0.6) is 5.75 Å². The average molecular weight is 407 g/mol. The molecular formula is C22H21N3O3S. The predicted octanol–water partition coefficient (Wildman–Crippen LogP) is 3.32. The Morgan fingerprint density at radius 1 is 1.03 bits per heavy atom. The second kappa shape index (κ2) is 8.33. The van der Waals surface area contributed by atoms with Gasteiger partial charge in [0, 0.05) is 5.56 Å². The summed E-state index contributed by atoms with van der Waals surface area (Å²) in [6, 6.07) is 13.9. The molecule has 0 fully saturated rings. The van der Waals surface area contributed by atoms with E-state index in [1.165, 1.54) is 6.20 Å². The number of hydrogen-bond donors (Lipinski definition) is 1. The van der Waals surface area contributed by atoms with E-state index in [0.717, 1.165) is 5.56 Å². The number of anilines is 1.